The van der Waals surface area contributed by atoms with Gasteiger partial charge < -0.3 is 15.4 Å². The molecule has 1 unspecified atom stereocenters. The normalized spacial score (nSPS) is 16.0. The fourth-order valence-electron chi connectivity index (χ4n) is 4.88. The van der Waals surface area contributed by atoms with Crippen molar-refractivity contribution >= 4 is 5.91 Å². The van der Waals surface area contributed by atoms with Crippen LogP contribution in [0.2, 0.25) is 0 Å². The summed E-state index contributed by atoms with van der Waals surface area (Å²) in [6.45, 7) is 2.10. The molecule has 4 nitrogen and oxygen atoms in total. The van der Waals surface area contributed by atoms with Gasteiger partial charge in [0.05, 0.1) is 0 Å². The van der Waals surface area contributed by atoms with Crippen LogP contribution in [0.4, 0.5) is 0 Å². The van der Waals surface area contributed by atoms with Crippen LogP contribution >= 0.6 is 0 Å². The van der Waals surface area contributed by atoms with E-state index in [2.05, 4.69) is 54.9 Å². The fourth-order valence-corrected chi connectivity index (χ4v) is 4.88. The maximum absolute atomic E-state index is 12.8. The maximum Gasteiger partial charge on any atom is 0.253 e. The maximum atomic E-state index is 12.8. The molecule has 3 aromatic carbocycles. The van der Waals surface area contributed by atoms with Crippen LogP contribution in [0.5, 0.6) is 0 Å². The molecular formula is C30H36N2O2. The summed E-state index contributed by atoms with van der Waals surface area (Å²) in [5, 5.41) is 6.45. The minimum Gasteiger partial charge on any atom is -0.362 e. The summed E-state index contributed by atoms with van der Waals surface area (Å²) in [5.74, 6) is -0.102. The summed E-state index contributed by atoms with van der Waals surface area (Å²) in [7, 11) is 3.71. The summed E-state index contributed by atoms with van der Waals surface area (Å²) in [6, 6.07) is 23.6. The Morgan fingerprint density at radius 2 is 1.85 bits per heavy atom. The van der Waals surface area contributed by atoms with Crippen molar-refractivity contribution in [3.05, 3.63) is 94.5 Å². The molecule has 0 saturated carbocycles. The van der Waals surface area contributed by atoms with Crippen molar-refractivity contribution in [2.24, 2.45) is 0 Å². The molecule has 34 heavy (non-hydrogen) atoms. The average molecular weight is 457 g/mol. The Labute approximate surface area is 203 Å². The molecule has 0 radical (unpaired) electrons. The van der Waals surface area contributed by atoms with Crippen LogP contribution in [0.15, 0.2) is 66.7 Å². The zero-order valence-corrected chi connectivity index (χ0v) is 20.6. The van der Waals surface area contributed by atoms with Gasteiger partial charge in [-0.2, -0.15) is 0 Å². The van der Waals surface area contributed by atoms with Crippen LogP contribution < -0.4 is 10.6 Å². The number of nitrogens with one attached hydrogen (secondary N) is 2. The SMILES string of the molecule is CN[C@H]1CCc2ccc(CCCC(NC(=O)c3ccc(-c4ccccc4C)cc3)OC)cc2C1. The van der Waals surface area contributed by atoms with Gasteiger partial charge in [0.1, 0.15) is 6.23 Å². The lowest BCUT2D eigenvalue weighted by Gasteiger charge is -2.24. The van der Waals surface area contributed by atoms with E-state index in [0.717, 1.165) is 37.7 Å². The van der Waals surface area contributed by atoms with Gasteiger partial charge in [0, 0.05) is 18.7 Å². The highest BCUT2D eigenvalue weighted by atomic mass is 16.5. The molecule has 1 aliphatic rings. The van der Waals surface area contributed by atoms with E-state index in [-0.39, 0.29) is 12.1 Å². The van der Waals surface area contributed by atoms with Crippen LogP contribution in [-0.4, -0.2) is 32.3 Å². The number of ether oxygens (including phenoxy) is 1. The van der Waals surface area contributed by atoms with E-state index in [1.54, 1.807) is 7.11 Å². The zero-order valence-electron chi connectivity index (χ0n) is 20.6. The first-order chi connectivity index (χ1) is 16.6. The van der Waals surface area contributed by atoms with Gasteiger partial charge in [-0.25, -0.2) is 0 Å². The van der Waals surface area contributed by atoms with Gasteiger partial charge in [0.25, 0.3) is 5.91 Å². The smallest absolute Gasteiger partial charge is 0.253 e. The van der Waals surface area contributed by atoms with Gasteiger partial charge in [0.2, 0.25) is 0 Å². The number of aryl methyl sites for hydroxylation is 3. The average Bonchev–Trinajstić information content (AvgIpc) is 2.88. The van der Waals surface area contributed by atoms with Crippen molar-refractivity contribution in [1.29, 1.82) is 0 Å². The van der Waals surface area contributed by atoms with E-state index in [4.69, 9.17) is 4.74 Å². The number of rotatable bonds is 9. The molecule has 178 valence electrons. The summed E-state index contributed by atoms with van der Waals surface area (Å²) in [5.41, 5.74) is 8.51. The first-order valence-corrected chi connectivity index (χ1v) is 12.3. The molecular weight excluding hydrogens is 420 g/mol. The zero-order chi connectivity index (χ0) is 23.9. The van der Waals surface area contributed by atoms with Gasteiger partial charge in [-0.1, -0.05) is 54.6 Å². The molecule has 0 heterocycles. The number of benzene rings is 3. The molecule has 0 bridgehead atoms. The number of carbonyl (C=O) groups excluding carboxylic acids is 1. The molecule has 4 heteroatoms. The molecule has 4 rings (SSSR count). The first-order valence-electron chi connectivity index (χ1n) is 12.3. The van der Waals surface area contributed by atoms with E-state index in [1.165, 1.54) is 34.2 Å². The second kappa shape index (κ2) is 11.5. The Hall–Kier alpha value is -2.95. The number of amides is 1. The third kappa shape index (κ3) is 5.94. The van der Waals surface area contributed by atoms with Gasteiger partial charge in [-0.05, 0) is 98.0 Å². The molecule has 2 atom stereocenters. The van der Waals surface area contributed by atoms with E-state index in [9.17, 15) is 4.79 Å². The number of methoxy groups -OCH3 is 1. The van der Waals surface area contributed by atoms with Gasteiger partial charge in [-0.3, -0.25) is 4.79 Å². The Kier molecular flexibility index (Phi) is 8.15. The number of fused-ring (bicyclic) bond motifs is 1. The highest BCUT2D eigenvalue weighted by Gasteiger charge is 2.18. The highest BCUT2D eigenvalue weighted by Crippen LogP contribution is 2.24. The topological polar surface area (TPSA) is 50.4 Å². The highest BCUT2D eigenvalue weighted by molar-refractivity contribution is 5.94. The number of likely N-dealkylation sites (N-methyl/N-ethyl adjacent to an activating group) is 1. The predicted molar refractivity (Wildman–Crippen MR) is 139 cm³/mol. The lowest BCUT2D eigenvalue weighted by atomic mass is 9.86. The van der Waals surface area contributed by atoms with Crippen molar-refractivity contribution < 1.29 is 9.53 Å². The molecule has 0 fully saturated rings. The molecule has 3 aromatic rings. The van der Waals surface area contributed by atoms with E-state index < -0.39 is 0 Å². The molecule has 0 aromatic heterocycles. The molecule has 1 amide bonds. The van der Waals surface area contributed by atoms with E-state index in [1.807, 2.05) is 36.4 Å². The Balaban J connectivity index is 1.30. The van der Waals surface area contributed by atoms with Crippen LogP contribution in [0.1, 0.15) is 51.9 Å². The third-order valence-corrected chi connectivity index (χ3v) is 7.02. The van der Waals surface area contributed by atoms with Crippen molar-refractivity contribution in [2.45, 2.75) is 57.7 Å². The second-order valence-corrected chi connectivity index (χ2v) is 9.31. The van der Waals surface area contributed by atoms with Crippen molar-refractivity contribution in [1.82, 2.24) is 10.6 Å². The summed E-state index contributed by atoms with van der Waals surface area (Å²) >= 11 is 0. The van der Waals surface area contributed by atoms with Crippen molar-refractivity contribution in [3.8, 4) is 11.1 Å². The van der Waals surface area contributed by atoms with Gasteiger partial charge in [-0.15, -0.1) is 0 Å². The lowest BCUT2D eigenvalue weighted by Crippen LogP contribution is -2.36. The quantitative estimate of drug-likeness (QED) is 0.420. The van der Waals surface area contributed by atoms with E-state index >= 15 is 0 Å². The molecule has 0 spiro atoms. The molecule has 2 N–H and O–H groups in total. The molecule has 0 saturated heterocycles. The Bertz CT molecular complexity index is 1110. The minimum atomic E-state index is -0.296. The third-order valence-electron chi connectivity index (χ3n) is 7.02. The standard InChI is InChI=1S/C30H36N2O2/c1-21-7-4-5-9-28(21)24-13-15-25(16-14-24)30(33)32-29(34-3)10-6-8-22-11-12-23-17-18-27(31-2)20-26(23)19-22/h4-5,7,9,11-16,19,27,29,31H,6,8,10,17-18,20H2,1-3H3,(H,32,33)/t27-,29?/m0/s1. The minimum absolute atomic E-state index is 0.102. The van der Waals surface area contributed by atoms with Gasteiger partial charge >= 0.3 is 0 Å². The fraction of sp³-hybridized carbons (Fsp3) is 0.367. The largest absolute Gasteiger partial charge is 0.362 e. The number of hydrogen-bond acceptors (Lipinski definition) is 3. The monoisotopic (exact) mass is 456 g/mol. The second-order valence-electron chi connectivity index (χ2n) is 9.31. The lowest BCUT2D eigenvalue weighted by molar-refractivity contribution is 0.0530. The van der Waals surface area contributed by atoms with Crippen molar-refractivity contribution in [3.63, 3.8) is 0 Å². The Morgan fingerprint density at radius 3 is 2.59 bits per heavy atom. The molecule has 1 aliphatic carbocycles. The Morgan fingerprint density at radius 1 is 1.06 bits per heavy atom. The molecule has 0 aliphatic heterocycles. The van der Waals surface area contributed by atoms with Crippen molar-refractivity contribution in [2.75, 3.05) is 14.2 Å². The number of carbonyl (C=O) groups is 1. The summed E-state index contributed by atoms with van der Waals surface area (Å²) in [4.78, 5) is 12.8. The number of hydrogen-bond donors (Lipinski definition) is 2. The predicted octanol–water partition coefficient (Wildman–Crippen LogP) is 5.46. The summed E-state index contributed by atoms with van der Waals surface area (Å²) < 4.78 is 5.57. The van der Waals surface area contributed by atoms with Gasteiger partial charge in [0.15, 0.2) is 0 Å². The van der Waals surface area contributed by atoms with Crippen LogP contribution in [-0.2, 0) is 24.0 Å². The van der Waals surface area contributed by atoms with Crippen LogP contribution in [0.3, 0.4) is 0 Å². The first kappa shape index (κ1) is 24.2. The van der Waals surface area contributed by atoms with Crippen LogP contribution in [0.25, 0.3) is 11.1 Å². The van der Waals surface area contributed by atoms with Crippen LogP contribution in [0, 0.1) is 6.92 Å². The van der Waals surface area contributed by atoms with E-state index in [0.29, 0.717) is 11.6 Å². The summed E-state index contributed by atoms with van der Waals surface area (Å²) in [6.07, 6.45) is 5.91.